The summed E-state index contributed by atoms with van der Waals surface area (Å²) in [6.45, 7) is 8.11. The Kier molecular flexibility index (Phi) is 4.14. The summed E-state index contributed by atoms with van der Waals surface area (Å²) in [6, 6.07) is 1.71. The third-order valence-corrected chi connectivity index (χ3v) is 4.14. The first-order chi connectivity index (χ1) is 8.99. The van der Waals surface area contributed by atoms with Crippen LogP contribution in [-0.2, 0) is 0 Å². The summed E-state index contributed by atoms with van der Waals surface area (Å²) in [7, 11) is 0. The maximum atomic E-state index is 8.75. The van der Waals surface area contributed by atoms with E-state index in [1.165, 1.54) is 0 Å². The number of amidine groups is 1. The number of hydrogen-bond donors (Lipinski definition) is 2. The highest BCUT2D eigenvalue weighted by molar-refractivity contribution is 8.00. The molecule has 3 N–H and O–H groups in total. The van der Waals surface area contributed by atoms with Gasteiger partial charge in [0.05, 0.1) is 0 Å². The Morgan fingerprint density at radius 1 is 1.42 bits per heavy atom. The van der Waals surface area contributed by atoms with E-state index in [4.69, 9.17) is 10.9 Å². The SMILES string of the molecule is Cc1cc(/C(N)=N/O)nc(N2CC(C)SC(C)C2)n1. The van der Waals surface area contributed by atoms with Crippen molar-refractivity contribution < 1.29 is 5.21 Å². The molecule has 2 rings (SSSR count). The second kappa shape index (κ2) is 5.64. The van der Waals surface area contributed by atoms with Crippen molar-refractivity contribution in [1.82, 2.24) is 9.97 Å². The summed E-state index contributed by atoms with van der Waals surface area (Å²) < 4.78 is 0. The molecule has 1 saturated heterocycles. The van der Waals surface area contributed by atoms with Gasteiger partial charge in [0.1, 0.15) is 5.69 Å². The van der Waals surface area contributed by atoms with Crippen molar-refractivity contribution in [2.75, 3.05) is 18.0 Å². The highest BCUT2D eigenvalue weighted by atomic mass is 32.2. The molecule has 2 unspecified atom stereocenters. The minimum atomic E-state index is 0.0132. The summed E-state index contributed by atoms with van der Waals surface area (Å²) in [5, 5.41) is 12.8. The highest BCUT2D eigenvalue weighted by Crippen LogP contribution is 2.27. The van der Waals surface area contributed by atoms with Crippen molar-refractivity contribution in [3.05, 3.63) is 17.5 Å². The minimum absolute atomic E-state index is 0.0132. The van der Waals surface area contributed by atoms with Crippen LogP contribution in [0.4, 0.5) is 5.95 Å². The van der Waals surface area contributed by atoms with Gasteiger partial charge in [0.15, 0.2) is 5.84 Å². The normalized spacial score (nSPS) is 24.6. The Labute approximate surface area is 117 Å². The number of rotatable bonds is 2. The highest BCUT2D eigenvalue weighted by Gasteiger charge is 2.24. The lowest BCUT2D eigenvalue weighted by Gasteiger charge is -2.34. The Balaban J connectivity index is 2.31. The van der Waals surface area contributed by atoms with Gasteiger partial charge >= 0.3 is 0 Å². The fourth-order valence-corrected chi connectivity index (χ4v) is 3.54. The van der Waals surface area contributed by atoms with Gasteiger partial charge in [-0.1, -0.05) is 19.0 Å². The quantitative estimate of drug-likeness (QED) is 0.367. The van der Waals surface area contributed by atoms with Gasteiger partial charge in [-0.15, -0.1) is 0 Å². The summed E-state index contributed by atoms with van der Waals surface area (Å²) in [4.78, 5) is 11.0. The molecule has 7 heteroatoms. The number of hydrogen-bond acceptors (Lipinski definition) is 6. The fraction of sp³-hybridized carbons (Fsp3) is 0.583. The zero-order chi connectivity index (χ0) is 14.0. The average Bonchev–Trinajstić information content (AvgIpc) is 2.36. The molecule has 1 fully saturated rings. The number of oxime groups is 1. The van der Waals surface area contributed by atoms with Crippen molar-refractivity contribution in [3.8, 4) is 0 Å². The lowest BCUT2D eigenvalue weighted by molar-refractivity contribution is 0.318. The Hall–Kier alpha value is -1.50. The number of anilines is 1. The van der Waals surface area contributed by atoms with Gasteiger partial charge in [-0.05, 0) is 13.0 Å². The molecule has 1 aliphatic heterocycles. The monoisotopic (exact) mass is 281 g/mol. The third kappa shape index (κ3) is 3.28. The van der Waals surface area contributed by atoms with Crippen LogP contribution in [0, 0.1) is 6.92 Å². The Morgan fingerprint density at radius 3 is 2.63 bits per heavy atom. The van der Waals surface area contributed by atoms with E-state index >= 15 is 0 Å². The first-order valence-corrected chi connectivity index (χ1v) is 7.18. The number of nitrogens with zero attached hydrogens (tertiary/aromatic N) is 4. The fourth-order valence-electron chi connectivity index (χ4n) is 2.22. The zero-order valence-electron chi connectivity index (χ0n) is 11.4. The van der Waals surface area contributed by atoms with E-state index in [1.54, 1.807) is 6.07 Å². The van der Waals surface area contributed by atoms with Crippen LogP contribution in [-0.4, -0.2) is 44.6 Å². The third-order valence-electron chi connectivity index (χ3n) is 2.92. The molecule has 0 aromatic carbocycles. The van der Waals surface area contributed by atoms with Gasteiger partial charge in [0, 0.05) is 29.3 Å². The number of thioether (sulfide) groups is 1. The molecule has 0 spiro atoms. The van der Waals surface area contributed by atoms with Gasteiger partial charge < -0.3 is 15.8 Å². The van der Waals surface area contributed by atoms with Crippen LogP contribution in [0.25, 0.3) is 0 Å². The van der Waals surface area contributed by atoms with Crippen LogP contribution in [0.3, 0.4) is 0 Å². The molecule has 0 amide bonds. The van der Waals surface area contributed by atoms with Crippen LogP contribution < -0.4 is 10.6 Å². The molecule has 1 aromatic rings. The van der Waals surface area contributed by atoms with Crippen LogP contribution in [0.2, 0.25) is 0 Å². The molecule has 0 bridgehead atoms. The van der Waals surface area contributed by atoms with Crippen molar-refractivity contribution in [1.29, 1.82) is 0 Å². The summed E-state index contributed by atoms with van der Waals surface area (Å²) in [5.41, 5.74) is 6.88. The Morgan fingerprint density at radius 2 is 2.05 bits per heavy atom. The van der Waals surface area contributed by atoms with Gasteiger partial charge in [-0.3, -0.25) is 0 Å². The van der Waals surface area contributed by atoms with Crippen LogP contribution in [0.15, 0.2) is 11.2 Å². The topological polar surface area (TPSA) is 87.6 Å². The smallest absolute Gasteiger partial charge is 0.226 e. The molecular weight excluding hydrogens is 262 g/mol. The second-order valence-corrected chi connectivity index (χ2v) is 6.72. The molecule has 0 aliphatic carbocycles. The second-order valence-electron chi connectivity index (χ2n) is 4.84. The van der Waals surface area contributed by atoms with Crippen molar-refractivity contribution in [3.63, 3.8) is 0 Å². The van der Waals surface area contributed by atoms with Crippen molar-refractivity contribution in [2.45, 2.75) is 31.3 Å². The van der Waals surface area contributed by atoms with Crippen LogP contribution in [0.1, 0.15) is 25.2 Å². The molecule has 0 radical (unpaired) electrons. The number of aryl methyl sites for hydroxylation is 1. The molecule has 1 aliphatic rings. The lowest BCUT2D eigenvalue weighted by atomic mass is 10.3. The molecule has 2 atom stereocenters. The molecule has 104 valence electrons. The predicted molar refractivity (Wildman–Crippen MR) is 78.0 cm³/mol. The van der Waals surface area contributed by atoms with Crippen molar-refractivity contribution in [2.24, 2.45) is 10.9 Å². The molecular formula is C12H19N5OS. The van der Waals surface area contributed by atoms with Gasteiger partial charge in [0.25, 0.3) is 0 Å². The van der Waals surface area contributed by atoms with Crippen LogP contribution >= 0.6 is 11.8 Å². The summed E-state index contributed by atoms with van der Waals surface area (Å²) in [6.07, 6.45) is 0. The van der Waals surface area contributed by atoms with Crippen LogP contribution in [0.5, 0.6) is 0 Å². The van der Waals surface area contributed by atoms with E-state index in [-0.39, 0.29) is 5.84 Å². The molecule has 19 heavy (non-hydrogen) atoms. The van der Waals surface area contributed by atoms with E-state index < -0.39 is 0 Å². The largest absolute Gasteiger partial charge is 0.409 e. The summed E-state index contributed by atoms with van der Waals surface area (Å²) in [5.74, 6) is 0.667. The minimum Gasteiger partial charge on any atom is -0.409 e. The maximum absolute atomic E-state index is 8.75. The predicted octanol–water partition coefficient (Wildman–Crippen LogP) is 1.21. The number of nitrogens with two attached hydrogens (primary N) is 1. The first-order valence-electron chi connectivity index (χ1n) is 6.23. The van der Waals surface area contributed by atoms with Gasteiger partial charge in [-0.25, -0.2) is 9.97 Å². The molecule has 1 aromatic heterocycles. The first kappa shape index (κ1) is 13.9. The van der Waals surface area contributed by atoms with E-state index in [9.17, 15) is 0 Å². The van der Waals surface area contributed by atoms with E-state index in [1.807, 2.05) is 18.7 Å². The average molecular weight is 281 g/mol. The van der Waals surface area contributed by atoms with E-state index in [0.717, 1.165) is 18.8 Å². The molecule has 6 nitrogen and oxygen atoms in total. The van der Waals surface area contributed by atoms with E-state index in [0.29, 0.717) is 22.1 Å². The van der Waals surface area contributed by atoms with Gasteiger partial charge in [-0.2, -0.15) is 11.8 Å². The maximum Gasteiger partial charge on any atom is 0.226 e. The molecule has 2 heterocycles. The van der Waals surface area contributed by atoms with E-state index in [2.05, 4.69) is 33.9 Å². The number of aromatic nitrogens is 2. The van der Waals surface area contributed by atoms with Crippen molar-refractivity contribution >= 4 is 23.5 Å². The standard InChI is InChI=1S/C12H19N5OS/c1-7-4-10(11(13)16-18)15-12(14-7)17-5-8(2)19-9(3)6-17/h4,8-9,18H,5-6H2,1-3H3,(H2,13,16). The Bertz CT molecular complexity index is 483. The van der Waals surface area contributed by atoms with Gasteiger partial charge in [0.2, 0.25) is 5.95 Å². The zero-order valence-corrected chi connectivity index (χ0v) is 12.2. The summed E-state index contributed by atoms with van der Waals surface area (Å²) >= 11 is 1.97. The molecule has 0 saturated carbocycles. The lowest BCUT2D eigenvalue weighted by Crippen LogP contribution is -2.41.